The quantitative estimate of drug-likeness (QED) is 0.607. The van der Waals surface area contributed by atoms with Gasteiger partial charge < -0.3 is 4.74 Å². The van der Waals surface area contributed by atoms with Gasteiger partial charge in [0, 0.05) is 18.8 Å². The maximum Gasteiger partial charge on any atom is 0.227 e. The molecule has 1 aromatic rings. The highest BCUT2D eigenvalue weighted by Gasteiger charge is 2.31. The van der Waals surface area contributed by atoms with Crippen molar-refractivity contribution in [3.63, 3.8) is 0 Å². The first-order chi connectivity index (χ1) is 12.4. The van der Waals surface area contributed by atoms with E-state index in [0.717, 1.165) is 11.3 Å². The van der Waals surface area contributed by atoms with Crippen LogP contribution in [0.4, 0.5) is 5.69 Å². The predicted octanol–water partition coefficient (Wildman–Crippen LogP) is 4.15. The van der Waals surface area contributed by atoms with E-state index in [0.29, 0.717) is 0 Å². The molecule has 0 saturated carbocycles. The predicted molar refractivity (Wildman–Crippen MR) is 99.4 cm³/mol. The number of hydrogen-bond donors (Lipinski definition) is 0. The fraction of sp³-hybridized carbons (Fsp3) is 0.190. The number of ether oxygens (including phenoxy) is 1. The Hall–Kier alpha value is -3.57. The van der Waals surface area contributed by atoms with E-state index in [9.17, 15) is 4.79 Å². The number of nitrogens with zero attached hydrogens (tertiary/aromatic N) is 3. The summed E-state index contributed by atoms with van der Waals surface area (Å²) in [6.45, 7) is 5.22. The summed E-state index contributed by atoms with van der Waals surface area (Å²) >= 11 is 0. The second-order valence-electron chi connectivity index (χ2n) is 6.10. The van der Waals surface area contributed by atoms with E-state index in [1.54, 1.807) is 29.3 Å². The van der Waals surface area contributed by atoms with Gasteiger partial charge in [0.2, 0.25) is 5.91 Å². The van der Waals surface area contributed by atoms with E-state index in [4.69, 9.17) is 15.3 Å². The summed E-state index contributed by atoms with van der Waals surface area (Å²) in [7, 11) is 0. The van der Waals surface area contributed by atoms with E-state index < -0.39 is 5.60 Å². The molecule has 0 unspecified atom stereocenters. The summed E-state index contributed by atoms with van der Waals surface area (Å²) in [5.41, 5.74) is 0.919. The van der Waals surface area contributed by atoms with Crippen LogP contribution >= 0.6 is 0 Å². The van der Waals surface area contributed by atoms with E-state index in [1.165, 1.54) is 6.92 Å². The largest absolute Gasteiger partial charge is 0.481 e. The number of nitriles is 2. The van der Waals surface area contributed by atoms with Crippen LogP contribution in [0.15, 0.2) is 77.7 Å². The minimum atomic E-state index is -0.641. The summed E-state index contributed by atoms with van der Waals surface area (Å²) in [6, 6.07) is 13.0. The number of para-hydroxylation sites is 1. The van der Waals surface area contributed by atoms with Crippen LogP contribution in [0.3, 0.4) is 0 Å². The van der Waals surface area contributed by atoms with Gasteiger partial charge in [-0.3, -0.25) is 9.69 Å². The molecule has 1 aliphatic heterocycles. The molecule has 0 N–H and O–H groups in total. The lowest BCUT2D eigenvalue weighted by molar-refractivity contribution is -0.116. The van der Waals surface area contributed by atoms with Gasteiger partial charge in [-0.1, -0.05) is 30.4 Å². The number of carbonyl (C=O) groups is 1. The number of amides is 1. The van der Waals surface area contributed by atoms with E-state index >= 15 is 0 Å². The zero-order valence-corrected chi connectivity index (χ0v) is 14.9. The number of benzene rings is 1. The number of anilines is 1. The zero-order valence-electron chi connectivity index (χ0n) is 14.9. The van der Waals surface area contributed by atoms with Crippen LogP contribution in [0.2, 0.25) is 0 Å². The summed E-state index contributed by atoms with van der Waals surface area (Å²) < 4.78 is 5.69. The van der Waals surface area contributed by atoms with Crippen LogP contribution in [0.25, 0.3) is 0 Å². The Bertz CT molecular complexity index is 875. The lowest BCUT2D eigenvalue weighted by Crippen LogP contribution is -2.21. The summed E-state index contributed by atoms with van der Waals surface area (Å²) in [5, 5.41) is 17.9. The lowest BCUT2D eigenvalue weighted by atomic mass is 9.99. The van der Waals surface area contributed by atoms with Gasteiger partial charge in [-0.15, -0.1) is 0 Å². The van der Waals surface area contributed by atoms with Gasteiger partial charge in [0.05, 0.1) is 0 Å². The highest BCUT2D eigenvalue weighted by Crippen LogP contribution is 2.34. The van der Waals surface area contributed by atoms with E-state index in [2.05, 4.69) is 0 Å². The summed E-state index contributed by atoms with van der Waals surface area (Å²) in [5.74, 6) is 0.181. The first-order valence-corrected chi connectivity index (χ1v) is 8.04. The van der Waals surface area contributed by atoms with Crippen molar-refractivity contribution in [1.82, 2.24) is 0 Å². The Morgan fingerprint density at radius 2 is 1.81 bits per heavy atom. The van der Waals surface area contributed by atoms with Crippen LogP contribution in [0.5, 0.6) is 0 Å². The Labute approximate surface area is 153 Å². The highest BCUT2D eigenvalue weighted by atomic mass is 16.5. The third-order valence-corrected chi connectivity index (χ3v) is 3.81. The van der Waals surface area contributed by atoms with Crippen molar-refractivity contribution >= 4 is 11.6 Å². The Morgan fingerprint density at radius 1 is 1.15 bits per heavy atom. The van der Waals surface area contributed by atoms with Gasteiger partial charge in [0.1, 0.15) is 23.5 Å². The third-order valence-electron chi connectivity index (χ3n) is 3.81. The number of allylic oxidation sites excluding steroid dienone is 4. The van der Waals surface area contributed by atoms with Gasteiger partial charge in [-0.05, 0) is 43.7 Å². The van der Waals surface area contributed by atoms with Crippen molar-refractivity contribution < 1.29 is 9.53 Å². The minimum Gasteiger partial charge on any atom is -0.481 e. The molecule has 1 amide bonds. The first-order valence-electron chi connectivity index (χ1n) is 8.04. The van der Waals surface area contributed by atoms with Gasteiger partial charge in [0.15, 0.2) is 5.57 Å². The molecule has 0 spiro atoms. The van der Waals surface area contributed by atoms with E-state index in [1.807, 2.05) is 62.4 Å². The number of hydrogen-bond acceptors (Lipinski definition) is 4. The van der Waals surface area contributed by atoms with Gasteiger partial charge in [-0.2, -0.15) is 10.5 Å². The second-order valence-corrected chi connectivity index (χ2v) is 6.10. The van der Waals surface area contributed by atoms with Crippen LogP contribution < -0.4 is 4.90 Å². The molecule has 5 heteroatoms. The molecule has 0 atom stereocenters. The van der Waals surface area contributed by atoms with Crippen LogP contribution in [0.1, 0.15) is 20.8 Å². The average Bonchev–Trinajstić information content (AvgIpc) is 2.91. The SMILES string of the molecule is CC(=O)N(C=CC=CC1=CC(=C(C#N)C#N)OC1(C)C)c1ccccc1. The van der Waals surface area contributed by atoms with Crippen molar-refractivity contribution in [3.8, 4) is 12.1 Å². The molecule has 5 nitrogen and oxygen atoms in total. The zero-order chi connectivity index (χ0) is 19.2. The van der Waals surface area contributed by atoms with Gasteiger partial charge in [-0.25, -0.2) is 0 Å². The standard InChI is InChI=1S/C21H19N3O2/c1-16(25)24(19-10-5-4-6-11-19)12-8-7-9-18-13-20(17(14-22)15-23)26-21(18,2)3/h4-13H,1-3H3. The Balaban J connectivity index is 2.21. The number of rotatable bonds is 4. The molecule has 26 heavy (non-hydrogen) atoms. The second kappa shape index (κ2) is 8.00. The summed E-state index contributed by atoms with van der Waals surface area (Å²) in [6.07, 6.45) is 8.75. The normalized spacial score (nSPS) is 15.3. The maximum absolute atomic E-state index is 11.8. The monoisotopic (exact) mass is 345 g/mol. The Kier molecular flexibility index (Phi) is 5.78. The van der Waals surface area contributed by atoms with Crippen molar-refractivity contribution in [1.29, 1.82) is 10.5 Å². The molecule has 0 bridgehead atoms. The smallest absolute Gasteiger partial charge is 0.227 e. The molecular formula is C21H19N3O2. The summed E-state index contributed by atoms with van der Waals surface area (Å²) in [4.78, 5) is 13.4. The van der Waals surface area contributed by atoms with E-state index in [-0.39, 0.29) is 17.2 Å². The molecule has 0 saturated heterocycles. The molecule has 0 radical (unpaired) electrons. The first kappa shape index (κ1) is 18.8. The van der Waals surface area contributed by atoms with Crippen LogP contribution in [-0.2, 0) is 9.53 Å². The molecule has 0 aromatic heterocycles. The molecule has 1 aliphatic rings. The number of carbonyl (C=O) groups excluding carboxylic acids is 1. The fourth-order valence-corrected chi connectivity index (χ4v) is 2.44. The molecular weight excluding hydrogens is 326 g/mol. The molecule has 2 rings (SSSR count). The highest BCUT2D eigenvalue weighted by molar-refractivity contribution is 5.93. The van der Waals surface area contributed by atoms with Crippen molar-refractivity contribution in [2.75, 3.05) is 4.90 Å². The molecule has 0 fully saturated rings. The van der Waals surface area contributed by atoms with Crippen LogP contribution in [0, 0.1) is 22.7 Å². The third kappa shape index (κ3) is 4.28. The van der Waals surface area contributed by atoms with Crippen molar-refractivity contribution in [2.24, 2.45) is 0 Å². The lowest BCUT2D eigenvalue weighted by Gasteiger charge is -2.21. The topological polar surface area (TPSA) is 77.1 Å². The minimum absolute atomic E-state index is 0.0520. The average molecular weight is 345 g/mol. The molecule has 1 aromatic carbocycles. The van der Waals surface area contributed by atoms with Crippen molar-refractivity contribution in [3.05, 3.63) is 77.7 Å². The molecule has 1 heterocycles. The Morgan fingerprint density at radius 3 is 2.38 bits per heavy atom. The molecule has 130 valence electrons. The fourth-order valence-electron chi connectivity index (χ4n) is 2.44. The van der Waals surface area contributed by atoms with Gasteiger partial charge in [0.25, 0.3) is 0 Å². The van der Waals surface area contributed by atoms with Gasteiger partial charge >= 0.3 is 0 Å². The van der Waals surface area contributed by atoms with Crippen molar-refractivity contribution in [2.45, 2.75) is 26.4 Å². The maximum atomic E-state index is 11.8. The molecule has 0 aliphatic carbocycles. The van der Waals surface area contributed by atoms with Crippen LogP contribution in [-0.4, -0.2) is 11.5 Å².